The number of benzene rings is 1. The number of thioether (sulfide) groups is 1. The first-order valence-electron chi connectivity index (χ1n) is 8.75. The van der Waals surface area contributed by atoms with Gasteiger partial charge in [0.1, 0.15) is 5.03 Å². The molecule has 2 atom stereocenters. The van der Waals surface area contributed by atoms with E-state index in [4.69, 9.17) is 5.73 Å². The molecule has 1 aromatic carbocycles. The third-order valence-corrected chi connectivity index (χ3v) is 5.68. The van der Waals surface area contributed by atoms with Gasteiger partial charge in [0.15, 0.2) is 0 Å². The van der Waals surface area contributed by atoms with Crippen LogP contribution in [0.3, 0.4) is 0 Å². The molecule has 150 valence electrons. The number of hydrogen-bond donors (Lipinski definition) is 1. The van der Waals surface area contributed by atoms with Gasteiger partial charge in [0, 0.05) is 18.5 Å². The van der Waals surface area contributed by atoms with Gasteiger partial charge in [0.25, 0.3) is 0 Å². The van der Waals surface area contributed by atoms with Crippen LogP contribution in [0.25, 0.3) is 10.9 Å². The summed E-state index contributed by atoms with van der Waals surface area (Å²) in [4.78, 5) is 33.0. The largest absolute Gasteiger partial charge is 0.451 e. The number of para-hydroxylation sites is 1. The fraction of sp³-hybridized carbons (Fsp3) is 0.444. The van der Waals surface area contributed by atoms with E-state index < -0.39 is 29.1 Å². The Morgan fingerprint density at radius 2 is 2.00 bits per heavy atom. The molecule has 1 saturated heterocycles. The van der Waals surface area contributed by atoms with Crippen molar-refractivity contribution in [2.45, 2.75) is 36.2 Å². The lowest BCUT2D eigenvalue weighted by Gasteiger charge is -2.32. The van der Waals surface area contributed by atoms with Gasteiger partial charge in [-0.05, 0) is 25.8 Å². The number of alkyl halides is 3. The number of halogens is 3. The predicted molar refractivity (Wildman–Crippen MR) is 98.4 cm³/mol. The summed E-state index contributed by atoms with van der Waals surface area (Å²) in [5.74, 6) is -2.34. The Balaban J connectivity index is 1.85. The summed E-state index contributed by atoms with van der Waals surface area (Å²) >= 11 is 0.956. The van der Waals surface area contributed by atoms with Crippen LogP contribution in [0.5, 0.6) is 0 Å². The Hall–Kier alpha value is -2.36. The van der Waals surface area contributed by atoms with Gasteiger partial charge >= 0.3 is 6.18 Å². The van der Waals surface area contributed by atoms with Crippen molar-refractivity contribution in [1.82, 2.24) is 14.9 Å². The van der Waals surface area contributed by atoms with Crippen LogP contribution >= 0.6 is 11.8 Å². The van der Waals surface area contributed by atoms with E-state index in [9.17, 15) is 22.8 Å². The first-order valence-corrected chi connectivity index (χ1v) is 9.63. The third kappa shape index (κ3) is 4.37. The van der Waals surface area contributed by atoms with E-state index in [1.54, 1.807) is 30.0 Å². The summed E-state index contributed by atoms with van der Waals surface area (Å²) in [6, 6.07) is 6.37. The van der Waals surface area contributed by atoms with Gasteiger partial charge in [-0.1, -0.05) is 30.0 Å². The SMILES string of the molecule is CC(Sc1nc(C(F)(F)F)nc2ccccc12)C(=O)N1CCCC(C(N)=O)C1. The Bertz CT molecular complexity index is 906. The second kappa shape index (κ2) is 7.94. The molecule has 0 aliphatic carbocycles. The lowest BCUT2D eigenvalue weighted by Crippen LogP contribution is -2.46. The number of carbonyl (C=O) groups excluding carboxylic acids is 2. The van der Waals surface area contributed by atoms with Gasteiger partial charge in [-0.15, -0.1) is 0 Å². The molecular weight excluding hydrogens is 393 g/mol. The number of likely N-dealkylation sites (tertiary alicyclic amines) is 1. The molecule has 2 heterocycles. The molecule has 1 aliphatic rings. The molecular formula is C18H19F3N4O2S. The molecule has 1 aromatic heterocycles. The number of carbonyl (C=O) groups is 2. The monoisotopic (exact) mass is 412 g/mol. The van der Waals surface area contributed by atoms with Crippen LogP contribution in [-0.2, 0) is 15.8 Å². The summed E-state index contributed by atoms with van der Waals surface area (Å²) < 4.78 is 39.4. The summed E-state index contributed by atoms with van der Waals surface area (Å²) in [5.41, 5.74) is 5.51. The molecule has 1 aliphatic heterocycles. The highest BCUT2D eigenvalue weighted by Gasteiger charge is 2.36. The highest BCUT2D eigenvalue weighted by Crippen LogP contribution is 2.34. The van der Waals surface area contributed by atoms with Gasteiger partial charge in [0.05, 0.1) is 16.7 Å². The summed E-state index contributed by atoms with van der Waals surface area (Å²) in [5, 5.41) is -0.123. The maximum atomic E-state index is 13.1. The van der Waals surface area contributed by atoms with Crippen molar-refractivity contribution in [3.63, 3.8) is 0 Å². The minimum atomic E-state index is -4.69. The number of nitrogens with two attached hydrogens (primary N) is 1. The van der Waals surface area contributed by atoms with E-state index in [0.717, 1.165) is 11.8 Å². The molecule has 3 rings (SSSR count). The molecule has 0 bridgehead atoms. The summed E-state index contributed by atoms with van der Waals surface area (Å²) in [6.07, 6.45) is -3.40. The molecule has 2 aromatic rings. The zero-order valence-corrected chi connectivity index (χ0v) is 15.9. The van der Waals surface area contributed by atoms with E-state index in [1.807, 2.05) is 0 Å². The van der Waals surface area contributed by atoms with Crippen LogP contribution in [-0.4, -0.2) is 45.0 Å². The number of fused-ring (bicyclic) bond motifs is 1. The van der Waals surface area contributed by atoms with Crippen molar-refractivity contribution in [1.29, 1.82) is 0 Å². The van der Waals surface area contributed by atoms with E-state index >= 15 is 0 Å². The van der Waals surface area contributed by atoms with Crippen molar-refractivity contribution in [3.8, 4) is 0 Å². The number of primary amides is 1. The number of nitrogens with zero attached hydrogens (tertiary/aromatic N) is 3. The second-order valence-electron chi connectivity index (χ2n) is 6.65. The molecule has 10 heteroatoms. The molecule has 2 unspecified atom stereocenters. The Morgan fingerprint density at radius 1 is 1.29 bits per heavy atom. The lowest BCUT2D eigenvalue weighted by molar-refractivity contribution is -0.145. The van der Waals surface area contributed by atoms with Gasteiger partial charge in [-0.25, -0.2) is 9.97 Å². The third-order valence-electron chi connectivity index (χ3n) is 4.59. The lowest BCUT2D eigenvalue weighted by atomic mass is 9.97. The van der Waals surface area contributed by atoms with Crippen LogP contribution in [0.15, 0.2) is 29.3 Å². The number of piperidine rings is 1. The smallest absolute Gasteiger partial charge is 0.369 e. The number of aromatic nitrogens is 2. The summed E-state index contributed by atoms with van der Waals surface area (Å²) in [6.45, 7) is 2.34. The highest BCUT2D eigenvalue weighted by atomic mass is 32.2. The van der Waals surface area contributed by atoms with Gasteiger partial charge < -0.3 is 10.6 Å². The standard InChI is InChI=1S/C18H19F3N4O2S/c1-10(16(27)25-8-4-5-11(9-25)14(22)26)28-15-12-6-2-3-7-13(12)23-17(24-15)18(19,20)21/h2-3,6-7,10-11H,4-5,8-9H2,1H3,(H2,22,26). The molecule has 0 saturated carbocycles. The molecule has 6 nitrogen and oxygen atoms in total. The average molecular weight is 412 g/mol. The second-order valence-corrected chi connectivity index (χ2v) is 7.98. The Labute approximate surface area is 163 Å². The number of hydrogen-bond acceptors (Lipinski definition) is 5. The van der Waals surface area contributed by atoms with Crippen molar-refractivity contribution < 1.29 is 22.8 Å². The van der Waals surface area contributed by atoms with Gasteiger partial charge in [-0.2, -0.15) is 13.2 Å². The molecule has 1 fully saturated rings. The number of amides is 2. The maximum absolute atomic E-state index is 13.1. The first kappa shape index (κ1) is 20.4. The van der Waals surface area contributed by atoms with E-state index in [-0.39, 0.29) is 23.0 Å². The minimum Gasteiger partial charge on any atom is -0.369 e. The van der Waals surface area contributed by atoms with E-state index in [2.05, 4.69) is 9.97 Å². The van der Waals surface area contributed by atoms with Crippen molar-refractivity contribution in [3.05, 3.63) is 30.1 Å². The van der Waals surface area contributed by atoms with Crippen molar-refractivity contribution >= 4 is 34.5 Å². The molecule has 0 spiro atoms. The van der Waals surface area contributed by atoms with Crippen LogP contribution in [0.1, 0.15) is 25.6 Å². The Kier molecular flexibility index (Phi) is 5.78. The predicted octanol–water partition coefficient (Wildman–Crippen LogP) is 2.85. The van der Waals surface area contributed by atoms with E-state index in [1.165, 1.54) is 6.07 Å². The highest BCUT2D eigenvalue weighted by molar-refractivity contribution is 8.00. The van der Waals surface area contributed by atoms with Gasteiger partial charge in [0.2, 0.25) is 17.6 Å². The molecule has 2 N–H and O–H groups in total. The van der Waals surface area contributed by atoms with Crippen LogP contribution < -0.4 is 5.73 Å². The molecule has 2 amide bonds. The molecule has 28 heavy (non-hydrogen) atoms. The number of rotatable bonds is 4. The van der Waals surface area contributed by atoms with Crippen LogP contribution in [0.2, 0.25) is 0 Å². The van der Waals surface area contributed by atoms with Crippen LogP contribution in [0, 0.1) is 5.92 Å². The minimum absolute atomic E-state index is 0.0993. The van der Waals surface area contributed by atoms with Gasteiger partial charge in [-0.3, -0.25) is 9.59 Å². The van der Waals surface area contributed by atoms with Crippen molar-refractivity contribution in [2.24, 2.45) is 11.7 Å². The zero-order chi connectivity index (χ0) is 20.5. The fourth-order valence-electron chi connectivity index (χ4n) is 3.15. The fourth-order valence-corrected chi connectivity index (χ4v) is 4.17. The average Bonchev–Trinajstić information content (AvgIpc) is 2.66. The maximum Gasteiger partial charge on any atom is 0.451 e. The van der Waals surface area contributed by atoms with Crippen LogP contribution in [0.4, 0.5) is 13.2 Å². The topological polar surface area (TPSA) is 89.2 Å². The quantitative estimate of drug-likeness (QED) is 0.616. The van der Waals surface area contributed by atoms with E-state index in [0.29, 0.717) is 24.8 Å². The summed E-state index contributed by atoms with van der Waals surface area (Å²) in [7, 11) is 0. The molecule has 0 radical (unpaired) electrons. The zero-order valence-electron chi connectivity index (χ0n) is 15.1. The Morgan fingerprint density at radius 3 is 2.68 bits per heavy atom. The first-order chi connectivity index (χ1) is 13.2. The van der Waals surface area contributed by atoms with Crippen molar-refractivity contribution in [2.75, 3.05) is 13.1 Å². The normalized spacial score (nSPS) is 18.9.